The molecule has 0 fully saturated rings. The van der Waals surface area contributed by atoms with Gasteiger partial charge in [0, 0.05) is 31.5 Å². The Morgan fingerprint density at radius 3 is 2.59 bits per heavy atom. The number of benzene rings is 1. The lowest BCUT2D eigenvalue weighted by atomic mass is 10.0. The van der Waals surface area contributed by atoms with Crippen LogP contribution in [0, 0.1) is 6.92 Å². The first-order valence-corrected chi connectivity index (χ1v) is 6.07. The number of nitrogens with zero attached hydrogens (tertiary/aromatic N) is 1. The Labute approximate surface area is 103 Å². The molecular formula is C15H20N2. The second-order valence-corrected chi connectivity index (χ2v) is 4.57. The van der Waals surface area contributed by atoms with Gasteiger partial charge in [0.25, 0.3) is 0 Å². The van der Waals surface area contributed by atoms with E-state index in [1.54, 1.807) is 0 Å². The molecule has 0 radical (unpaired) electrons. The van der Waals surface area contributed by atoms with Crippen LogP contribution in [0.1, 0.15) is 29.8 Å². The maximum Gasteiger partial charge on any atom is 0.0364 e. The number of nitrogens with one attached hydrogen (secondary N) is 1. The van der Waals surface area contributed by atoms with E-state index in [-0.39, 0.29) is 0 Å². The SMILES string of the molecule is Cc1ccccc1[C@H](C)NCc1cccn1C. The van der Waals surface area contributed by atoms with Crippen molar-refractivity contribution in [2.24, 2.45) is 7.05 Å². The summed E-state index contributed by atoms with van der Waals surface area (Å²) in [5.74, 6) is 0. The van der Waals surface area contributed by atoms with Gasteiger partial charge >= 0.3 is 0 Å². The van der Waals surface area contributed by atoms with Crippen LogP contribution in [-0.4, -0.2) is 4.57 Å². The lowest BCUT2D eigenvalue weighted by Crippen LogP contribution is -2.20. The standard InChI is InChI=1S/C15H20N2/c1-12-7-4-5-9-15(12)13(2)16-11-14-8-6-10-17(14)3/h4-10,13,16H,11H2,1-3H3/t13-/m0/s1. The highest BCUT2D eigenvalue weighted by Crippen LogP contribution is 2.17. The van der Waals surface area contributed by atoms with Gasteiger partial charge in [0.05, 0.1) is 0 Å². The number of hydrogen-bond donors (Lipinski definition) is 1. The van der Waals surface area contributed by atoms with Crippen LogP contribution in [0.5, 0.6) is 0 Å². The van der Waals surface area contributed by atoms with Crippen molar-refractivity contribution in [2.75, 3.05) is 0 Å². The van der Waals surface area contributed by atoms with Gasteiger partial charge in [-0.2, -0.15) is 0 Å². The third-order valence-electron chi connectivity index (χ3n) is 3.30. The third-order valence-corrected chi connectivity index (χ3v) is 3.30. The molecule has 1 aromatic carbocycles. The minimum atomic E-state index is 0.381. The van der Waals surface area contributed by atoms with Gasteiger partial charge in [0.15, 0.2) is 0 Å². The van der Waals surface area contributed by atoms with Crippen LogP contribution in [0.4, 0.5) is 0 Å². The molecule has 2 aromatic rings. The van der Waals surface area contributed by atoms with Crippen LogP contribution in [0.25, 0.3) is 0 Å². The van der Waals surface area contributed by atoms with Gasteiger partial charge in [0.1, 0.15) is 0 Å². The molecule has 17 heavy (non-hydrogen) atoms. The first-order chi connectivity index (χ1) is 8.18. The highest BCUT2D eigenvalue weighted by atomic mass is 15.0. The van der Waals surface area contributed by atoms with Gasteiger partial charge in [-0.05, 0) is 37.1 Å². The van der Waals surface area contributed by atoms with E-state index >= 15 is 0 Å². The smallest absolute Gasteiger partial charge is 0.0364 e. The van der Waals surface area contributed by atoms with Gasteiger partial charge in [-0.25, -0.2) is 0 Å². The van der Waals surface area contributed by atoms with E-state index in [2.05, 4.69) is 73.4 Å². The topological polar surface area (TPSA) is 17.0 Å². The summed E-state index contributed by atoms with van der Waals surface area (Å²) in [7, 11) is 2.08. The van der Waals surface area contributed by atoms with Gasteiger partial charge < -0.3 is 9.88 Å². The van der Waals surface area contributed by atoms with E-state index in [0.29, 0.717) is 6.04 Å². The van der Waals surface area contributed by atoms with Crippen molar-refractivity contribution in [2.45, 2.75) is 26.4 Å². The fourth-order valence-electron chi connectivity index (χ4n) is 2.12. The quantitative estimate of drug-likeness (QED) is 0.850. The lowest BCUT2D eigenvalue weighted by molar-refractivity contribution is 0.556. The Bertz CT molecular complexity index is 485. The molecule has 0 unspecified atom stereocenters. The van der Waals surface area contributed by atoms with E-state index in [0.717, 1.165) is 6.54 Å². The number of aryl methyl sites for hydroxylation is 2. The molecule has 0 saturated carbocycles. The zero-order valence-corrected chi connectivity index (χ0v) is 10.8. The minimum absolute atomic E-state index is 0.381. The van der Waals surface area contributed by atoms with Crippen molar-refractivity contribution in [3.8, 4) is 0 Å². The average Bonchev–Trinajstić information content (AvgIpc) is 2.72. The summed E-state index contributed by atoms with van der Waals surface area (Å²) < 4.78 is 2.15. The molecule has 90 valence electrons. The predicted molar refractivity (Wildman–Crippen MR) is 71.8 cm³/mol. The van der Waals surface area contributed by atoms with Crippen molar-refractivity contribution in [3.05, 3.63) is 59.4 Å². The van der Waals surface area contributed by atoms with Gasteiger partial charge in [-0.15, -0.1) is 0 Å². The fourth-order valence-corrected chi connectivity index (χ4v) is 2.12. The molecule has 0 aliphatic carbocycles. The van der Waals surface area contributed by atoms with Crippen molar-refractivity contribution >= 4 is 0 Å². The molecule has 1 heterocycles. The maximum absolute atomic E-state index is 3.56. The Kier molecular flexibility index (Phi) is 3.64. The summed E-state index contributed by atoms with van der Waals surface area (Å²) >= 11 is 0. The Morgan fingerprint density at radius 2 is 1.94 bits per heavy atom. The number of hydrogen-bond acceptors (Lipinski definition) is 1. The molecule has 1 aromatic heterocycles. The zero-order chi connectivity index (χ0) is 12.3. The second kappa shape index (κ2) is 5.19. The molecule has 1 atom stereocenters. The molecule has 0 saturated heterocycles. The average molecular weight is 228 g/mol. The van der Waals surface area contributed by atoms with Crippen LogP contribution >= 0.6 is 0 Å². The molecule has 2 heteroatoms. The van der Waals surface area contributed by atoms with Crippen molar-refractivity contribution in [1.29, 1.82) is 0 Å². The summed E-state index contributed by atoms with van der Waals surface area (Å²) in [6.45, 7) is 5.28. The highest BCUT2D eigenvalue weighted by molar-refractivity contribution is 5.28. The molecule has 0 bridgehead atoms. The summed E-state index contributed by atoms with van der Waals surface area (Å²) in [5, 5.41) is 3.56. The number of rotatable bonds is 4. The first-order valence-electron chi connectivity index (χ1n) is 6.07. The molecule has 2 rings (SSSR count). The fraction of sp³-hybridized carbons (Fsp3) is 0.333. The Morgan fingerprint density at radius 1 is 1.18 bits per heavy atom. The highest BCUT2D eigenvalue weighted by Gasteiger charge is 2.07. The molecule has 2 nitrogen and oxygen atoms in total. The zero-order valence-electron chi connectivity index (χ0n) is 10.8. The monoisotopic (exact) mass is 228 g/mol. The first kappa shape index (κ1) is 11.9. The van der Waals surface area contributed by atoms with Gasteiger partial charge in [0.2, 0.25) is 0 Å². The maximum atomic E-state index is 3.56. The molecule has 0 aliphatic heterocycles. The van der Waals surface area contributed by atoms with Crippen LogP contribution in [0.2, 0.25) is 0 Å². The molecular weight excluding hydrogens is 208 g/mol. The van der Waals surface area contributed by atoms with Gasteiger partial charge in [-0.1, -0.05) is 24.3 Å². The van der Waals surface area contributed by atoms with Gasteiger partial charge in [-0.3, -0.25) is 0 Å². The minimum Gasteiger partial charge on any atom is -0.353 e. The summed E-state index contributed by atoms with van der Waals surface area (Å²) in [6.07, 6.45) is 2.08. The van der Waals surface area contributed by atoms with Crippen molar-refractivity contribution in [1.82, 2.24) is 9.88 Å². The summed E-state index contributed by atoms with van der Waals surface area (Å²) in [6, 6.07) is 13.2. The van der Waals surface area contributed by atoms with Crippen LogP contribution < -0.4 is 5.32 Å². The molecule has 0 spiro atoms. The predicted octanol–water partition coefficient (Wildman–Crippen LogP) is 3.18. The van der Waals surface area contributed by atoms with E-state index < -0.39 is 0 Å². The Balaban J connectivity index is 2.01. The normalized spacial score (nSPS) is 12.6. The van der Waals surface area contributed by atoms with Crippen LogP contribution in [0.15, 0.2) is 42.6 Å². The van der Waals surface area contributed by atoms with E-state index in [1.165, 1.54) is 16.8 Å². The Hall–Kier alpha value is -1.54. The van der Waals surface area contributed by atoms with Crippen LogP contribution in [-0.2, 0) is 13.6 Å². The van der Waals surface area contributed by atoms with E-state index in [1.807, 2.05) is 0 Å². The summed E-state index contributed by atoms with van der Waals surface area (Å²) in [4.78, 5) is 0. The summed E-state index contributed by atoms with van der Waals surface area (Å²) in [5.41, 5.74) is 4.03. The largest absolute Gasteiger partial charge is 0.353 e. The lowest BCUT2D eigenvalue weighted by Gasteiger charge is -2.16. The number of aromatic nitrogens is 1. The van der Waals surface area contributed by atoms with Crippen molar-refractivity contribution < 1.29 is 0 Å². The third kappa shape index (κ3) is 2.77. The second-order valence-electron chi connectivity index (χ2n) is 4.57. The van der Waals surface area contributed by atoms with E-state index in [9.17, 15) is 0 Å². The molecule has 1 N–H and O–H groups in total. The van der Waals surface area contributed by atoms with E-state index in [4.69, 9.17) is 0 Å². The van der Waals surface area contributed by atoms with Crippen LogP contribution in [0.3, 0.4) is 0 Å². The molecule has 0 amide bonds. The van der Waals surface area contributed by atoms with Crippen molar-refractivity contribution in [3.63, 3.8) is 0 Å². The molecule has 0 aliphatic rings.